The Labute approximate surface area is 111 Å². The molecule has 0 radical (unpaired) electrons. The van der Waals surface area contributed by atoms with Crippen molar-refractivity contribution in [1.29, 1.82) is 0 Å². The Kier molecular flexibility index (Phi) is 4.81. The second-order valence-corrected chi connectivity index (χ2v) is 5.59. The number of nitrogens with one attached hydrogen (secondary N) is 1. The molecule has 1 aliphatic carbocycles. The van der Waals surface area contributed by atoms with Crippen LogP contribution in [0.5, 0.6) is 0 Å². The first kappa shape index (κ1) is 13.6. The fourth-order valence-electron chi connectivity index (χ4n) is 3.10. The quantitative estimate of drug-likeness (QED) is 0.831. The molecule has 0 bridgehead atoms. The second kappa shape index (κ2) is 6.37. The van der Waals surface area contributed by atoms with Gasteiger partial charge in [-0.1, -0.05) is 26.2 Å². The summed E-state index contributed by atoms with van der Waals surface area (Å²) in [5.41, 5.74) is 1.42. The van der Waals surface area contributed by atoms with Crippen molar-refractivity contribution < 1.29 is 0 Å². The van der Waals surface area contributed by atoms with Crippen molar-refractivity contribution in [2.75, 3.05) is 6.54 Å². The molecule has 2 atom stereocenters. The lowest BCUT2D eigenvalue weighted by atomic mass is 9.91. The highest BCUT2D eigenvalue weighted by Crippen LogP contribution is 2.32. The number of hydrogen-bond acceptors (Lipinski definition) is 2. The fourth-order valence-corrected chi connectivity index (χ4v) is 3.10. The van der Waals surface area contributed by atoms with Crippen molar-refractivity contribution in [2.45, 2.75) is 64.3 Å². The van der Waals surface area contributed by atoms with Gasteiger partial charge < -0.3 is 9.88 Å². The van der Waals surface area contributed by atoms with Gasteiger partial charge in [0.05, 0.1) is 0 Å². The van der Waals surface area contributed by atoms with E-state index >= 15 is 0 Å². The van der Waals surface area contributed by atoms with E-state index in [1.807, 2.05) is 0 Å². The molecular weight excluding hydrogens is 222 g/mol. The Bertz CT molecular complexity index is 370. The first-order valence-electron chi connectivity index (χ1n) is 7.45. The van der Waals surface area contributed by atoms with E-state index in [0.29, 0.717) is 12.0 Å². The summed E-state index contributed by atoms with van der Waals surface area (Å²) in [6.07, 6.45) is 10.0. The smallest absolute Gasteiger partial charge is 0.105 e. The van der Waals surface area contributed by atoms with Crippen LogP contribution in [-0.2, 0) is 7.05 Å². The molecule has 2 rings (SSSR count). The van der Waals surface area contributed by atoms with Crippen molar-refractivity contribution in [3.63, 3.8) is 0 Å². The minimum Gasteiger partial charge on any atom is -0.335 e. The van der Waals surface area contributed by atoms with Gasteiger partial charge in [-0.2, -0.15) is 0 Å². The molecule has 0 amide bonds. The zero-order valence-corrected chi connectivity index (χ0v) is 12.1. The Morgan fingerprint density at radius 1 is 1.33 bits per heavy atom. The third-order valence-electron chi connectivity index (χ3n) is 4.31. The first-order chi connectivity index (χ1) is 8.74. The van der Waals surface area contributed by atoms with Gasteiger partial charge in [-0.05, 0) is 32.7 Å². The summed E-state index contributed by atoms with van der Waals surface area (Å²) in [5.74, 6) is 1.77. The van der Waals surface area contributed by atoms with Gasteiger partial charge in [0.15, 0.2) is 0 Å². The Hall–Kier alpha value is -0.830. The predicted molar refractivity (Wildman–Crippen MR) is 75.9 cm³/mol. The molecule has 1 heterocycles. The zero-order valence-electron chi connectivity index (χ0n) is 12.1. The molecule has 1 saturated carbocycles. The lowest BCUT2D eigenvalue weighted by molar-refractivity contribution is 0.399. The van der Waals surface area contributed by atoms with Crippen LogP contribution in [0.2, 0.25) is 0 Å². The number of rotatable bonds is 4. The van der Waals surface area contributed by atoms with Crippen LogP contribution in [-0.4, -0.2) is 22.1 Å². The van der Waals surface area contributed by atoms with Gasteiger partial charge in [0.1, 0.15) is 5.82 Å². The maximum absolute atomic E-state index is 4.47. The summed E-state index contributed by atoms with van der Waals surface area (Å²) in [6.45, 7) is 5.47. The normalized spacial score (nSPS) is 25.1. The second-order valence-electron chi connectivity index (χ2n) is 5.59. The van der Waals surface area contributed by atoms with Gasteiger partial charge in [0, 0.05) is 30.9 Å². The molecule has 1 fully saturated rings. The van der Waals surface area contributed by atoms with E-state index in [9.17, 15) is 0 Å². The summed E-state index contributed by atoms with van der Waals surface area (Å²) >= 11 is 0. The topological polar surface area (TPSA) is 29.9 Å². The van der Waals surface area contributed by atoms with E-state index in [1.165, 1.54) is 44.2 Å². The summed E-state index contributed by atoms with van der Waals surface area (Å²) in [6, 6.07) is 0.641. The highest BCUT2D eigenvalue weighted by molar-refractivity contribution is 5.13. The predicted octanol–water partition coefficient (Wildman–Crippen LogP) is 3.14. The number of aromatic nitrogens is 2. The van der Waals surface area contributed by atoms with Gasteiger partial charge in [-0.3, -0.25) is 0 Å². The highest BCUT2D eigenvalue weighted by atomic mass is 15.1. The third-order valence-corrected chi connectivity index (χ3v) is 4.31. The zero-order chi connectivity index (χ0) is 13.0. The Balaban J connectivity index is 2.16. The largest absolute Gasteiger partial charge is 0.335 e. The summed E-state index contributed by atoms with van der Waals surface area (Å²) in [5, 5.41) is 3.76. The lowest BCUT2D eigenvalue weighted by Gasteiger charge is -2.26. The minimum absolute atomic E-state index is 0.641. The average Bonchev–Trinajstić information content (AvgIpc) is 2.59. The van der Waals surface area contributed by atoms with Crippen molar-refractivity contribution in [2.24, 2.45) is 7.05 Å². The van der Waals surface area contributed by atoms with Crippen LogP contribution in [0.1, 0.15) is 62.9 Å². The van der Waals surface area contributed by atoms with Crippen molar-refractivity contribution >= 4 is 0 Å². The summed E-state index contributed by atoms with van der Waals surface area (Å²) in [7, 11) is 2.15. The average molecular weight is 249 g/mol. The molecule has 0 saturated heterocycles. The third kappa shape index (κ3) is 2.94. The maximum atomic E-state index is 4.47. The molecule has 3 nitrogen and oxygen atoms in total. The van der Waals surface area contributed by atoms with Crippen molar-refractivity contribution in [3.05, 3.63) is 17.7 Å². The molecule has 3 heteroatoms. The van der Waals surface area contributed by atoms with Gasteiger partial charge in [-0.15, -0.1) is 0 Å². The molecule has 18 heavy (non-hydrogen) atoms. The SMILES string of the molecule is CCCNC1CCCCCC1c1cnc(C)n1C. The molecule has 1 aromatic heterocycles. The standard InChI is InChI=1S/C15H27N3/c1-4-10-16-14-9-7-5-6-8-13(14)15-11-17-12(2)18(15)3/h11,13-14,16H,4-10H2,1-3H3. The molecule has 1 N–H and O–H groups in total. The van der Waals surface area contributed by atoms with Gasteiger partial charge in [-0.25, -0.2) is 4.98 Å². The number of hydrogen-bond donors (Lipinski definition) is 1. The van der Waals surface area contributed by atoms with E-state index < -0.39 is 0 Å². The van der Waals surface area contributed by atoms with Crippen molar-refractivity contribution in [3.8, 4) is 0 Å². The number of aryl methyl sites for hydroxylation is 1. The molecule has 102 valence electrons. The molecule has 1 aliphatic rings. The molecule has 0 spiro atoms. The lowest BCUT2D eigenvalue weighted by Crippen LogP contribution is -2.35. The van der Waals surface area contributed by atoms with Crippen LogP contribution in [0.15, 0.2) is 6.20 Å². The van der Waals surface area contributed by atoms with Crippen LogP contribution in [0, 0.1) is 6.92 Å². The van der Waals surface area contributed by atoms with Gasteiger partial charge >= 0.3 is 0 Å². The van der Waals surface area contributed by atoms with Crippen LogP contribution < -0.4 is 5.32 Å². The van der Waals surface area contributed by atoms with Crippen LogP contribution >= 0.6 is 0 Å². The van der Waals surface area contributed by atoms with Crippen LogP contribution in [0.25, 0.3) is 0 Å². The summed E-state index contributed by atoms with van der Waals surface area (Å²) in [4.78, 5) is 4.47. The number of nitrogens with zero attached hydrogens (tertiary/aromatic N) is 2. The van der Waals surface area contributed by atoms with E-state index in [0.717, 1.165) is 12.4 Å². The Morgan fingerprint density at radius 2 is 2.11 bits per heavy atom. The van der Waals surface area contributed by atoms with E-state index in [2.05, 4.69) is 42.0 Å². The van der Waals surface area contributed by atoms with Gasteiger partial charge in [0.25, 0.3) is 0 Å². The molecule has 1 aromatic rings. The molecule has 0 aliphatic heterocycles. The summed E-state index contributed by atoms with van der Waals surface area (Å²) < 4.78 is 2.27. The fraction of sp³-hybridized carbons (Fsp3) is 0.800. The van der Waals surface area contributed by atoms with E-state index in [4.69, 9.17) is 0 Å². The molecular formula is C15H27N3. The number of imidazole rings is 1. The highest BCUT2D eigenvalue weighted by Gasteiger charge is 2.26. The van der Waals surface area contributed by atoms with Crippen LogP contribution in [0.4, 0.5) is 0 Å². The first-order valence-corrected chi connectivity index (χ1v) is 7.45. The van der Waals surface area contributed by atoms with Gasteiger partial charge in [0.2, 0.25) is 0 Å². The van der Waals surface area contributed by atoms with Crippen molar-refractivity contribution in [1.82, 2.24) is 14.9 Å². The maximum Gasteiger partial charge on any atom is 0.105 e. The molecule has 2 unspecified atom stereocenters. The Morgan fingerprint density at radius 3 is 2.78 bits per heavy atom. The minimum atomic E-state index is 0.641. The molecule has 0 aromatic carbocycles. The monoisotopic (exact) mass is 249 g/mol. The van der Waals surface area contributed by atoms with E-state index in [1.54, 1.807) is 0 Å². The van der Waals surface area contributed by atoms with E-state index in [-0.39, 0.29) is 0 Å². The van der Waals surface area contributed by atoms with Crippen LogP contribution in [0.3, 0.4) is 0 Å².